The van der Waals surface area contributed by atoms with Crippen molar-refractivity contribution in [2.24, 2.45) is 0 Å². The molecular formula is C14H19N5O2. The SMILES string of the molecule is CNC.CNc1cc(-c2noc(C=O)n2)ccc1C(C)=N. The van der Waals surface area contributed by atoms with Crippen LogP contribution >= 0.6 is 0 Å². The second-order valence-corrected chi connectivity index (χ2v) is 4.21. The minimum atomic E-state index is -0.0525. The lowest BCUT2D eigenvalue weighted by Crippen LogP contribution is -2.00. The third kappa shape index (κ3) is 4.22. The predicted octanol–water partition coefficient (Wildman–Crippen LogP) is 1.81. The molecule has 0 aliphatic rings. The van der Waals surface area contributed by atoms with Crippen LogP contribution in [0.15, 0.2) is 22.7 Å². The smallest absolute Gasteiger partial charge is 0.291 e. The van der Waals surface area contributed by atoms with Gasteiger partial charge < -0.3 is 20.6 Å². The highest BCUT2D eigenvalue weighted by atomic mass is 16.5. The Morgan fingerprint density at radius 3 is 2.48 bits per heavy atom. The van der Waals surface area contributed by atoms with Crippen LogP contribution < -0.4 is 10.6 Å². The van der Waals surface area contributed by atoms with Crippen LogP contribution in [0, 0.1) is 5.41 Å². The third-order valence-corrected chi connectivity index (χ3v) is 2.49. The summed E-state index contributed by atoms with van der Waals surface area (Å²) in [6.45, 7) is 1.72. The van der Waals surface area contributed by atoms with Crippen molar-refractivity contribution in [1.29, 1.82) is 5.41 Å². The number of carbonyl (C=O) groups excluding carboxylic acids is 1. The number of rotatable bonds is 4. The van der Waals surface area contributed by atoms with Crippen molar-refractivity contribution >= 4 is 17.7 Å². The molecule has 7 nitrogen and oxygen atoms in total. The van der Waals surface area contributed by atoms with Crippen LogP contribution in [-0.2, 0) is 0 Å². The normalized spacial score (nSPS) is 9.52. The lowest BCUT2D eigenvalue weighted by molar-refractivity contribution is 0.108. The molecule has 1 aromatic heterocycles. The quantitative estimate of drug-likeness (QED) is 0.586. The summed E-state index contributed by atoms with van der Waals surface area (Å²) in [5, 5.41) is 17.1. The van der Waals surface area contributed by atoms with Gasteiger partial charge in [-0.15, -0.1) is 0 Å². The second kappa shape index (κ2) is 7.91. The van der Waals surface area contributed by atoms with Gasteiger partial charge in [-0.3, -0.25) is 4.79 Å². The van der Waals surface area contributed by atoms with E-state index in [1.54, 1.807) is 26.1 Å². The van der Waals surface area contributed by atoms with E-state index in [0.29, 0.717) is 17.8 Å². The third-order valence-electron chi connectivity index (χ3n) is 2.49. The molecule has 0 fully saturated rings. The first-order valence-corrected chi connectivity index (χ1v) is 6.32. The fourth-order valence-corrected chi connectivity index (χ4v) is 1.62. The number of hydrogen-bond acceptors (Lipinski definition) is 7. The summed E-state index contributed by atoms with van der Waals surface area (Å²) in [7, 11) is 5.53. The molecule has 0 aliphatic heterocycles. The van der Waals surface area contributed by atoms with Crippen molar-refractivity contribution in [3.63, 3.8) is 0 Å². The maximum absolute atomic E-state index is 10.5. The average Bonchev–Trinajstić information content (AvgIpc) is 2.96. The minimum absolute atomic E-state index is 0.0525. The van der Waals surface area contributed by atoms with Gasteiger partial charge in [-0.05, 0) is 27.1 Å². The van der Waals surface area contributed by atoms with Gasteiger partial charge in [0.1, 0.15) is 0 Å². The molecule has 0 aliphatic carbocycles. The van der Waals surface area contributed by atoms with E-state index in [2.05, 4.69) is 20.8 Å². The Labute approximate surface area is 123 Å². The molecule has 0 unspecified atom stereocenters. The maximum atomic E-state index is 10.5. The van der Waals surface area contributed by atoms with Gasteiger partial charge >= 0.3 is 0 Å². The minimum Gasteiger partial charge on any atom is -0.388 e. The zero-order chi connectivity index (χ0) is 15.8. The molecule has 0 saturated carbocycles. The van der Waals surface area contributed by atoms with Gasteiger partial charge in [-0.1, -0.05) is 17.3 Å². The molecule has 2 rings (SSSR count). The van der Waals surface area contributed by atoms with Crippen molar-refractivity contribution in [1.82, 2.24) is 15.5 Å². The Hall–Kier alpha value is -2.54. The van der Waals surface area contributed by atoms with Gasteiger partial charge in [0.25, 0.3) is 5.89 Å². The summed E-state index contributed by atoms with van der Waals surface area (Å²) in [5.41, 5.74) is 2.80. The van der Waals surface area contributed by atoms with E-state index >= 15 is 0 Å². The summed E-state index contributed by atoms with van der Waals surface area (Å²) >= 11 is 0. The van der Waals surface area contributed by atoms with E-state index in [9.17, 15) is 4.79 Å². The Morgan fingerprint density at radius 1 is 1.33 bits per heavy atom. The lowest BCUT2D eigenvalue weighted by Gasteiger charge is -2.08. The number of nitrogens with zero attached hydrogens (tertiary/aromatic N) is 2. The molecular weight excluding hydrogens is 270 g/mol. The average molecular weight is 289 g/mol. The largest absolute Gasteiger partial charge is 0.388 e. The van der Waals surface area contributed by atoms with E-state index in [4.69, 9.17) is 9.93 Å². The molecule has 0 radical (unpaired) electrons. The number of nitrogens with one attached hydrogen (secondary N) is 3. The molecule has 0 bridgehead atoms. The van der Waals surface area contributed by atoms with Crippen LogP contribution in [0.4, 0.5) is 5.69 Å². The Bertz CT molecular complexity index is 622. The Kier molecular flexibility index (Phi) is 6.22. The van der Waals surface area contributed by atoms with Gasteiger partial charge in [0.15, 0.2) is 0 Å². The predicted molar refractivity (Wildman–Crippen MR) is 82.2 cm³/mol. The van der Waals surface area contributed by atoms with Crippen molar-refractivity contribution in [2.45, 2.75) is 6.92 Å². The molecule has 0 atom stereocenters. The van der Waals surface area contributed by atoms with Crippen LogP contribution in [0.2, 0.25) is 0 Å². The van der Waals surface area contributed by atoms with Crippen molar-refractivity contribution < 1.29 is 9.32 Å². The molecule has 0 spiro atoms. The first kappa shape index (κ1) is 16.5. The van der Waals surface area contributed by atoms with E-state index < -0.39 is 0 Å². The fraction of sp³-hybridized carbons (Fsp3) is 0.286. The second-order valence-electron chi connectivity index (χ2n) is 4.21. The van der Waals surface area contributed by atoms with Crippen LogP contribution in [0.1, 0.15) is 23.2 Å². The summed E-state index contributed by atoms with van der Waals surface area (Å²) in [5.74, 6) is 0.297. The van der Waals surface area contributed by atoms with Gasteiger partial charge in [0, 0.05) is 29.6 Å². The Morgan fingerprint density at radius 2 is 2.00 bits per heavy atom. The number of hydrogen-bond donors (Lipinski definition) is 3. The van der Waals surface area contributed by atoms with Gasteiger partial charge in [0.2, 0.25) is 12.1 Å². The summed E-state index contributed by atoms with van der Waals surface area (Å²) < 4.78 is 4.73. The molecule has 112 valence electrons. The fourth-order valence-electron chi connectivity index (χ4n) is 1.62. The van der Waals surface area contributed by atoms with Crippen molar-refractivity contribution in [3.8, 4) is 11.4 Å². The zero-order valence-corrected chi connectivity index (χ0v) is 12.5. The molecule has 1 aromatic carbocycles. The van der Waals surface area contributed by atoms with Crippen LogP contribution in [0.3, 0.4) is 0 Å². The highest BCUT2D eigenvalue weighted by Gasteiger charge is 2.11. The van der Waals surface area contributed by atoms with Crippen molar-refractivity contribution in [2.75, 3.05) is 26.5 Å². The van der Waals surface area contributed by atoms with Gasteiger partial charge in [0.05, 0.1) is 0 Å². The molecule has 1 heterocycles. The van der Waals surface area contributed by atoms with Crippen LogP contribution in [0.25, 0.3) is 11.4 Å². The summed E-state index contributed by atoms with van der Waals surface area (Å²) in [6, 6.07) is 5.40. The molecule has 0 amide bonds. The summed E-state index contributed by atoms with van der Waals surface area (Å²) in [6.07, 6.45) is 0.506. The van der Waals surface area contributed by atoms with Gasteiger partial charge in [-0.2, -0.15) is 4.98 Å². The van der Waals surface area contributed by atoms with E-state index in [1.807, 2.05) is 20.2 Å². The van der Waals surface area contributed by atoms with E-state index in [0.717, 1.165) is 16.8 Å². The highest BCUT2D eigenvalue weighted by molar-refractivity contribution is 6.02. The van der Waals surface area contributed by atoms with Crippen molar-refractivity contribution in [3.05, 3.63) is 29.7 Å². The van der Waals surface area contributed by atoms with Crippen LogP contribution in [0.5, 0.6) is 0 Å². The standard InChI is InChI=1S/C12H12N4O2.C2H7N/c1-7(13)9-4-3-8(5-10(9)14-2)12-15-11(6-17)18-16-12;1-3-2/h3-6,13-14H,1-2H3;3H,1-2H3. The van der Waals surface area contributed by atoms with Crippen LogP contribution in [-0.4, -0.2) is 43.3 Å². The topological polar surface area (TPSA) is 104 Å². The molecule has 21 heavy (non-hydrogen) atoms. The highest BCUT2D eigenvalue weighted by Crippen LogP contribution is 2.23. The number of carbonyl (C=O) groups is 1. The number of aldehydes is 1. The lowest BCUT2D eigenvalue weighted by atomic mass is 10.1. The number of aromatic nitrogens is 2. The molecule has 3 N–H and O–H groups in total. The van der Waals surface area contributed by atoms with Gasteiger partial charge in [-0.25, -0.2) is 0 Å². The van der Waals surface area contributed by atoms with E-state index in [-0.39, 0.29) is 5.89 Å². The number of anilines is 1. The first-order chi connectivity index (χ1) is 10.1. The van der Waals surface area contributed by atoms with E-state index in [1.165, 1.54) is 0 Å². The summed E-state index contributed by atoms with van der Waals surface area (Å²) in [4.78, 5) is 14.4. The monoisotopic (exact) mass is 289 g/mol. The first-order valence-electron chi connectivity index (χ1n) is 6.32. The Balaban J connectivity index is 0.000000677. The maximum Gasteiger partial charge on any atom is 0.291 e. The molecule has 0 saturated heterocycles. The zero-order valence-electron chi connectivity index (χ0n) is 12.5. The number of benzene rings is 1. The molecule has 2 aromatic rings. The molecule has 7 heteroatoms.